The number of nitrogens with two attached hydrogens (primary N) is 1. The highest BCUT2D eigenvalue weighted by Gasteiger charge is 2.29. The van der Waals surface area contributed by atoms with Crippen LogP contribution in [-0.4, -0.2) is 38.0 Å². The first-order valence-electron chi connectivity index (χ1n) is 6.74. The summed E-state index contributed by atoms with van der Waals surface area (Å²) < 4.78 is 0. The Balaban J connectivity index is 2.39. The van der Waals surface area contributed by atoms with E-state index in [9.17, 15) is 9.59 Å². The van der Waals surface area contributed by atoms with Gasteiger partial charge in [0.1, 0.15) is 6.04 Å². The van der Waals surface area contributed by atoms with Crippen LogP contribution in [0.15, 0.2) is 18.2 Å². The van der Waals surface area contributed by atoms with Gasteiger partial charge in [0.05, 0.1) is 11.4 Å². The van der Waals surface area contributed by atoms with Crippen molar-refractivity contribution in [2.45, 2.75) is 19.4 Å². The number of hydrogen-bond donors (Lipinski definition) is 3. The van der Waals surface area contributed by atoms with Crippen LogP contribution in [0.3, 0.4) is 0 Å². The van der Waals surface area contributed by atoms with Gasteiger partial charge in [-0.1, -0.05) is 6.92 Å². The lowest BCUT2D eigenvalue weighted by Gasteiger charge is -2.37. The number of carbonyl (C=O) groups is 2. The molecule has 2 amide bonds. The number of carbonyl (C=O) groups excluding carboxylic acids is 2. The molecule has 1 aliphatic rings. The molecule has 0 saturated carbocycles. The minimum atomic E-state index is -0.244. The second kappa shape index (κ2) is 5.81. The number of nitrogen functional groups attached to an aromatic ring is 1. The molecular formula is C14H20N4O2. The molecule has 1 unspecified atom stereocenters. The molecule has 0 bridgehead atoms. The molecule has 20 heavy (non-hydrogen) atoms. The summed E-state index contributed by atoms with van der Waals surface area (Å²) in [6.45, 7) is 3.23. The van der Waals surface area contributed by atoms with E-state index in [1.54, 1.807) is 25.2 Å². The van der Waals surface area contributed by atoms with Crippen LogP contribution < -0.4 is 21.3 Å². The van der Waals surface area contributed by atoms with E-state index in [0.717, 1.165) is 5.69 Å². The summed E-state index contributed by atoms with van der Waals surface area (Å²) in [6, 6.07) is 4.89. The zero-order chi connectivity index (χ0) is 14.7. The predicted octanol–water partition coefficient (Wildman–Crippen LogP) is 0.343. The monoisotopic (exact) mass is 276 g/mol. The standard InChI is InChI=1S/C14H20N4O2/c1-3-11-14(20)17-6-7-18(11)12-8-9(13(19)16-2)4-5-10(12)15/h4-5,8,11H,3,6-7,15H2,1-2H3,(H,16,19)(H,17,20). The molecule has 1 fully saturated rings. The third kappa shape index (κ3) is 2.54. The Morgan fingerprint density at radius 2 is 2.30 bits per heavy atom. The molecule has 6 nitrogen and oxygen atoms in total. The molecule has 0 aliphatic carbocycles. The smallest absolute Gasteiger partial charge is 0.251 e. The van der Waals surface area contributed by atoms with Crippen molar-refractivity contribution in [1.82, 2.24) is 10.6 Å². The Morgan fingerprint density at radius 1 is 1.55 bits per heavy atom. The van der Waals surface area contributed by atoms with Crippen molar-refractivity contribution in [3.05, 3.63) is 23.8 Å². The fourth-order valence-electron chi connectivity index (χ4n) is 2.49. The quantitative estimate of drug-likeness (QED) is 0.695. The van der Waals surface area contributed by atoms with Gasteiger partial charge in [0.2, 0.25) is 5.91 Å². The van der Waals surface area contributed by atoms with Crippen molar-refractivity contribution in [2.75, 3.05) is 30.8 Å². The van der Waals surface area contributed by atoms with E-state index in [1.807, 2.05) is 11.8 Å². The lowest BCUT2D eigenvalue weighted by atomic mass is 10.1. The highest BCUT2D eigenvalue weighted by atomic mass is 16.2. The number of piperazine rings is 1. The van der Waals surface area contributed by atoms with Gasteiger partial charge in [0.25, 0.3) is 5.91 Å². The summed E-state index contributed by atoms with van der Waals surface area (Å²) in [4.78, 5) is 25.6. The Hall–Kier alpha value is -2.24. The van der Waals surface area contributed by atoms with Crippen LogP contribution in [0.1, 0.15) is 23.7 Å². The molecule has 108 valence electrons. The fourth-order valence-corrected chi connectivity index (χ4v) is 2.49. The number of rotatable bonds is 3. The van der Waals surface area contributed by atoms with E-state index in [4.69, 9.17) is 5.73 Å². The Morgan fingerprint density at radius 3 is 2.95 bits per heavy atom. The predicted molar refractivity (Wildman–Crippen MR) is 78.7 cm³/mol. The van der Waals surface area contributed by atoms with Gasteiger partial charge in [0.15, 0.2) is 0 Å². The average molecular weight is 276 g/mol. The summed E-state index contributed by atoms with van der Waals surface area (Å²) in [5.41, 5.74) is 7.88. The van der Waals surface area contributed by atoms with E-state index in [2.05, 4.69) is 10.6 Å². The van der Waals surface area contributed by atoms with Crippen LogP contribution in [0.25, 0.3) is 0 Å². The van der Waals surface area contributed by atoms with Crippen molar-refractivity contribution in [3.63, 3.8) is 0 Å². The molecule has 2 rings (SSSR count). The van der Waals surface area contributed by atoms with Gasteiger partial charge in [0, 0.05) is 25.7 Å². The summed E-state index contributed by atoms with van der Waals surface area (Å²) in [7, 11) is 1.58. The molecule has 4 N–H and O–H groups in total. The molecule has 0 spiro atoms. The number of anilines is 2. The van der Waals surface area contributed by atoms with Gasteiger partial charge < -0.3 is 21.3 Å². The molecule has 0 aromatic heterocycles. The van der Waals surface area contributed by atoms with Crippen LogP contribution in [0.5, 0.6) is 0 Å². The Kier molecular flexibility index (Phi) is 4.12. The van der Waals surface area contributed by atoms with Crippen molar-refractivity contribution in [2.24, 2.45) is 0 Å². The second-order valence-electron chi connectivity index (χ2n) is 4.76. The maximum Gasteiger partial charge on any atom is 0.251 e. The maximum atomic E-state index is 11.9. The van der Waals surface area contributed by atoms with Gasteiger partial charge in [-0.3, -0.25) is 9.59 Å². The minimum Gasteiger partial charge on any atom is -0.397 e. The zero-order valence-electron chi connectivity index (χ0n) is 11.8. The van der Waals surface area contributed by atoms with Crippen LogP contribution in [-0.2, 0) is 4.79 Å². The summed E-state index contributed by atoms with van der Waals surface area (Å²) >= 11 is 0. The average Bonchev–Trinajstić information content (AvgIpc) is 2.46. The molecule has 1 aliphatic heterocycles. The third-order valence-corrected chi connectivity index (χ3v) is 3.55. The van der Waals surface area contributed by atoms with Crippen LogP contribution >= 0.6 is 0 Å². The summed E-state index contributed by atoms with van der Waals surface area (Å²) in [5.74, 6) is -0.163. The molecule has 1 heterocycles. The molecule has 1 atom stereocenters. The summed E-state index contributed by atoms with van der Waals surface area (Å²) in [5, 5.41) is 5.44. The van der Waals surface area contributed by atoms with Crippen molar-refractivity contribution in [3.8, 4) is 0 Å². The molecule has 6 heteroatoms. The summed E-state index contributed by atoms with van der Waals surface area (Å²) in [6.07, 6.45) is 0.690. The highest BCUT2D eigenvalue weighted by molar-refractivity contribution is 5.97. The van der Waals surface area contributed by atoms with Gasteiger partial charge in [-0.05, 0) is 24.6 Å². The Labute approximate surface area is 118 Å². The number of nitrogens with one attached hydrogen (secondary N) is 2. The fraction of sp³-hybridized carbons (Fsp3) is 0.429. The molecule has 0 radical (unpaired) electrons. The van der Waals surface area contributed by atoms with Gasteiger partial charge >= 0.3 is 0 Å². The number of nitrogens with zero attached hydrogens (tertiary/aromatic N) is 1. The van der Waals surface area contributed by atoms with Crippen molar-refractivity contribution < 1.29 is 9.59 Å². The highest BCUT2D eigenvalue weighted by Crippen LogP contribution is 2.28. The number of amides is 2. The molecule has 1 aromatic rings. The number of benzene rings is 1. The number of hydrogen-bond acceptors (Lipinski definition) is 4. The van der Waals surface area contributed by atoms with Gasteiger partial charge in [-0.2, -0.15) is 0 Å². The minimum absolute atomic E-state index is 0.00324. The topological polar surface area (TPSA) is 87.5 Å². The van der Waals surface area contributed by atoms with Crippen LogP contribution in [0, 0.1) is 0 Å². The van der Waals surface area contributed by atoms with E-state index in [0.29, 0.717) is 30.8 Å². The van der Waals surface area contributed by atoms with Crippen molar-refractivity contribution >= 4 is 23.2 Å². The van der Waals surface area contributed by atoms with Crippen LogP contribution in [0.2, 0.25) is 0 Å². The molecular weight excluding hydrogens is 256 g/mol. The van der Waals surface area contributed by atoms with Gasteiger partial charge in [-0.25, -0.2) is 0 Å². The SMILES string of the molecule is CCC1C(=O)NCCN1c1cc(C(=O)NC)ccc1N. The molecule has 1 saturated heterocycles. The third-order valence-electron chi connectivity index (χ3n) is 3.55. The first-order chi connectivity index (χ1) is 9.58. The van der Waals surface area contributed by atoms with Gasteiger partial charge in [-0.15, -0.1) is 0 Å². The van der Waals surface area contributed by atoms with E-state index in [1.165, 1.54) is 0 Å². The van der Waals surface area contributed by atoms with Crippen LogP contribution in [0.4, 0.5) is 11.4 Å². The first kappa shape index (κ1) is 14.2. The maximum absolute atomic E-state index is 11.9. The lowest BCUT2D eigenvalue weighted by Crippen LogP contribution is -2.55. The largest absolute Gasteiger partial charge is 0.397 e. The second-order valence-corrected chi connectivity index (χ2v) is 4.76. The van der Waals surface area contributed by atoms with E-state index >= 15 is 0 Å². The van der Waals surface area contributed by atoms with Crippen molar-refractivity contribution in [1.29, 1.82) is 0 Å². The molecule has 1 aromatic carbocycles. The van der Waals surface area contributed by atoms with E-state index < -0.39 is 0 Å². The lowest BCUT2D eigenvalue weighted by molar-refractivity contribution is -0.123. The normalized spacial score (nSPS) is 18.6. The Bertz CT molecular complexity index is 530. The first-order valence-corrected chi connectivity index (χ1v) is 6.74. The zero-order valence-corrected chi connectivity index (χ0v) is 11.8. The van der Waals surface area contributed by atoms with E-state index in [-0.39, 0.29) is 17.9 Å².